The lowest BCUT2D eigenvalue weighted by Crippen LogP contribution is -2.09. The smallest absolute Gasteiger partial charge is 0.248 e. The predicted molar refractivity (Wildman–Crippen MR) is 82.3 cm³/mol. The lowest BCUT2D eigenvalue weighted by molar-refractivity contribution is -0.111. The van der Waals surface area contributed by atoms with Crippen LogP contribution in [-0.4, -0.2) is 17.3 Å². The van der Waals surface area contributed by atoms with Crippen LogP contribution in [0.5, 0.6) is 5.75 Å². The fraction of sp³-hybridized carbons (Fsp3) is 0.0588. The number of rotatable bonds is 4. The largest absolute Gasteiger partial charge is 0.508 e. The highest BCUT2D eigenvalue weighted by atomic mass is 16.3. The van der Waals surface area contributed by atoms with Gasteiger partial charge in [-0.3, -0.25) is 9.59 Å². The van der Waals surface area contributed by atoms with E-state index in [1.807, 2.05) is 0 Å². The molecular weight excluding hydrogens is 266 g/mol. The first-order valence-corrected chi connectivity index (χ1v) is 6.43. The molecule has 0 atom stereocenters. The minimum Gasteiger partial charge on any atom is -0.508 e. The Labute approximate surface area is 122 Å². The second-order valence-corrected chi connectivity index (χ2v) is 4.57. The first-order valence-electron chi connectivity index (χ1n) is 6.43. The van der Waals surface area contributed by atoms with Crippen molar-refractivity contribution < 1.29 is 14.7 Å². The molecule has 0 saturated carbocycles. The maximum absolute atomic E-state index is 11.8. The number of hydrogen-bond donors (Lipinski definition) is 2. The van der Waals surface area contributed by atoms with Crippen LogP contribution in [0.15, 0.2) is 48.5 Å². The van der Waals surface area contributed by atoms with E-state index in [-0.39, 0.29) is 11.7 Å². The first-order chi connectivity index (χ1) is 10.1. The summed E-state index contributed by atoms with van der Waals surface area (Å²) in [7, 11) is 0. The van der Waals surface area contributed by atoms with Crippen LogP contribution in [0, 0.1) is 6.92 Å². The third kappa shape index (κ3) is 3.79. The number of aldehydes is 1. The van der Waals surface area contributed by atoms with E-state index < -0.39 is 0 Å². The summed E-state index contributed by atoms with van der Waals surface area (Å²) in [5.74, 6) is -0.159. The zero-order chi connectivity index (χ0) is 15.2. The van der Waals surface area contributed by atoms with Gasteiger partial charge in [-0.1, -0.05) is 24.3 Å². The van der Waals surface area contributed by atoms with Crippen LogP contribution in [0.25, 0.3) is 6.08 Å². The molecule has 0 aliphatic rings. The van der Waals surface area contributed by atoms with E-state index in [4.69, 9.17) is 0 Å². The number of amides is 1. The van der Waals surface area contributed by atoms with Crippen molar-refractivity contribution in [3.05, 3.63) is 65.2 Å². The Morgan fingerprint density at radius 2 is 1.95 bits per heavy atom. The van der Waals surface area contributed by atoms with Crippen LogP contribution in [0.1, 0.15) is 21.5 Å². The summed E-state index contributed by atoms with van der Waals surface area (Å²) in [6, 6.07) is 11.9. The molecule has 4 heteroatoms. The van der Waals surface area contributed by atoms with Gasteiger partial charge < -0.3 is 10.4 Å². The number of nitrogens with one attached hydrogen (secondary N) is 1. The van der Waals surface area contributed by atoms with E-state index in [1.54, 1.807) is 55.5 Å². The van der Waals surface area contributed by atoms with Crippen molar-refractivity contribution in [2.75, 3.05) is 5.32 Å². The van der Waals surface area contributed by atoms with Gasteiger partial charge in [0.05, 0.1) is 5.69 Å². The normalized spacial score (nSPS) is 10.5. The van der Waals surface area contributed by atoms with E-state index >= 15 is 0 Å². The van der Waals surface area contributed by atoms with E-state index in [1.165, 1.54) is 6.08 Å². The van der Waals surface area contributed by atoms with E-state index in [0.717, 1.165) is 11.1 Å². The van der Waals surface area contributed by atoms with Crippen molar-refractivity contribution in [2.45, 2.75) is 6.92 Å². The summed E-state index contributed by atoms with van der Waals surface area (Å²) in [4.78, 5) is 22.7. The van der Waals surface area contributed by atoms with Crippen molar-refractivity contribution in [1.29, 1.82) is 0 Å². The van der Waals surface area contributed by atoms with E-state index in [0.29, 0.717) is 17.5 Å². The Morgan fingerprint density at radius 1 is 1.19 bits per heavy atom. The van der Waals surface area contributed by atoms with Gasteiger partial charge in [0.2, 0.25) is 5.91 Å². The van der Waals surface area contributed by atoms with Crippen molar-refractivity contribution in [3.63, 3.8) is 0 Å². The molecular formula is C17H15NO3. The fourth-order valence-corrected chi connectivity index (χ4v) is 1.79. The molecule has 0 unspecified atom stereocenters. The van der Waals surface area contributed by atoms with Crippen LogP contribution in [-0.2, 0) is 4.79 Å². The SMILES string of the molecule is Cc1ccc(/C=C/C(=O)Nc2ccccc2C=O)cc1O. The summed E-state index contributed by atoms with van der Waals surface area (Å²) in [6.07, 6.45) is 3.64. The van der Waals surface area contributed by atoms with Gasteiger partial charge in [0.25, 0.3) is 0 Å². The number of hydrogen-bond acceptors (Lipinski definition) is 3. The Bertz CT molecular complexity index is 705. The van der Waals surface area contributed by atoms with Crippen LogP contribution in [0.2, 0.25) is 0 Å². The van der Waals surface area contributed by atoms with Crippen LogP contribution < -0.4 is 5.32 Å². The third-order valence-corrected chi connectivity index (χ3v) is 3.01. The molecule has 0 aromatic heterocycles. The molecule has 2 aromatic rings. The topological polar surface area (TPSA) is 66.4 Å². The Hall–Kier alpha value is -2.88. The van der Waals surface area contributed by atoms with Crippen molar-refractivity contribution in [3.8, 4) is 5.75 Å². The molecule has 106 valence electrons. The number of phenols is 1. The van der Waals surface area contributed by atoms with E-state index in [9.17, 15) is 14.7 Å². The molecule has 0 spiro atoms. The van der Waals surface area contributed by atoms with Crippen molar-refractivity contribution in [1.82, 2.24) is 0 Å². The number of anilines is 1. The van der Waals surface area contributed by atoms with Crippen LogP contribution >= 0.6 is 0 Å². The number of phenolic OH excluding ortho intramolecular Hbond substituents is 1. The second kappa shape index (κ2) is 6.52. The van der Waals surface area contributed by atoms with Gasteiger partial charge in [0, 0.05) is 11.6 Å². The highest BCUT2D eigenvalue weighted by Gasteiger charge is 2.03. The number of para-hydroxylation sites is 1. The Kier molecular flexibility index (Phi) is 4.51. The number of carbonyl (C=O) groups is 2. The van der Waals surface area contributed by atoms with Gasteiger partial charge >= 0.3 is 0 Å². The summed E-state index contributed by atoms with van der Waals surface area (Å²) >= 11 is 0. The minimum absolute atomic E-state index is 0.184. The third-order valence-electron chi connectivity index (χ3n) is 3.01. The molecule has 0 fully saturated rings. The first kappa shape index (κ1) is 14.5. The molecule has 2 N–H and O–H groups in total. The zero-order valence-electron chi connectivity index (χ0n) is 11.5. The standard InChI is InChI=1S/C17H15NO3/c1-12-6-7-13(10-16(12)20)8-9-17(21)18-15-5-3-2-4-14(15)11-19/h2-11,20H,1H3,(H,18,21)/b9-8+. The monoisotopic (exact) mass is 281 g/mol. The van der Waals surface area contributed by atoms with Crippen LogP contribution in [0.4, 0.5) is 5.69 Å². The zero-order valence-corrected chi connectivity index (χ0v) is 11.5. The van der Waals surface area contributed by atoms with Gasteiger partial charge in [0.15, 0.2) is 6.29 Å². The Balaban J connectivity index is 2.09. The molecule has 21 heavy (non-hydrogen) atoms. The highest BCUT2D eigenvalue weighted by molar-refractivity contribution is 6.04. The quantitative estimate of drug-likeness (QED) is 0.668. The Morgan fingerprint density at radius 3 is 2.67 bits per heavy atom. The maximum Gasteiger partial charge on any atom is 0.248 e. The van der Waals surface area contributed by atoms with Crippen LogP contribution in [0.3, 0.4) is 0 Å². The van der Waals surface area contributed by atoms with Gasteiger partial charge in [-0.15, -0.1) is 0 Å². The van der Waals surface area contributed by atoms with Crippen molar-refractivity contribution >= 4 is 24.0 Å². The summed E-state index contributed by atoms with van der Waals surface area (Å²) in [5, 5.41) is 12.2. The summed E-state index contributed by atoms with van der Waals surface area (Å²) in [5.41, 5.74) is 2.38. The van der Waals surface area contributed by atoms with Gasteiger partial charge in [0.1, 0.15) is 5.75 Å². The number of carbonyl (C=O) groups excluding carboxylic acids is 2. The predicted octanol–water partition coefficient (Wildman–Crippen LogP) is 3.17. The van der Waals surface area contributed by atoms with Gasteiger partial charge in [-0.05, 0) is 42.3 Å². The molecule has 0 heterocycles. The molecule has 0 aliphatic heterocycles. The highest BCUT2D eigenvalue weighted by Crippen LogP contribution is 2.18. The second-order valence-electron chi connectivity index (χ2n) is 4.57. The molecule has 2 rings (SSSR count). The molecule has 0 aliphatic carbocycles. The average molecular weight is 281 g/mol. The molecule has 0 bridgehead atoms. The molecule has 1 amide bonds. The molecule has 0 radical (unpaired) electrons. The van der Waals surface area contributed by atoms with Crippen molar-refractivity contribution in [2.24, 2.45) is 0 Å². The number of benzene rings is 2. The van der Waals surface area contributed by atoms with Gasteiger partial charge in [-0.2, -0.15) is 0 Å². The average Bonchev–Trinajstić information content (AvgIpc) is 2.49. The van der Waals surface area contributed by atoms with Gasteiger partial charge in [-0.25, -0.2) is 0 Å². The lowest BCUT2D eigenvalue weighted by atomic mass is 10.1. The van der Waals surface area contributed by atoms with E-state index in [2.05, 4.69) is 5.32 Å². The number of aromatic hydroxyl groups is 1. The lowest BCUT2D eigenvalue weighted by Gasteiger charge is -2.04. The molecule has 4 nitrogen and oxygen atoms in total. The summed E-state index contributed by atoms with van der Waals surface area (Å²) < 4.78 is 0. The molecule has 0 saturated heterocycles. The minimum atomic E-state index is -0.343. The number of aryl methyl sites for hydroxylation is 1. The summed E-state index contributed by atoms with van der Waals surface area (Å²) in [6.45, 7) is 1.80. The molecule has 2 aromatic carbocycles. The maximum atomic E-state index is 11.8. The fourth-order valence-electron chi connectivity index (χ4n) is 1.79.